The molecule has 55 heavy (non-hydrogen) atoms. The monoisotopic (exact) mass is 789 g/mol. The molecule has 0 spiro atoms. The minimum atomic E-state index is -2.29. The van der Waals surface area contributed by atoms with Crippen LogP contribution in [0.15, 0.2) is 29.3 Å². The van der Waals surface area contributed by atoms with Gasteiger partial charge < -0.3 is 19.5 Å². The number of hydrogen-bond acceptors (Lipinski definition) is 9. The predicted octanol–water partition coefficient (Wildman–Crippen LogP) is 9.05. The molecule has 0 bridgehead atoms. The number of alkyl halides is 1. The Balaban J connectivity index is 1.34. The van der Waals surface area contributed by atoms with E-state index in [0.717, 1.165) is 25.8 Å². The van der Waals surface area contributed by atoms with Crippen molar-refractivity contribution in [3.8, 4) is 34.5 Å². The summed E-state index contributed by atoms with van der Waals surface area (Å²) in [6, 6.07) is 5.89. The van der Waals surface area contributed by atoms with Gasteiger partial charge in [0.25, 0.3) is 0 Å². The van der Waals surface area contributed by atoms with Crippen LogP contribution in [0.1, 0.15) is 72.8 Å². The molecule has 4 aliphatic rings. The van der Waals surface area contributed by atoms with E-state index in [1.807, 2.05) is 0 Å². The number of hydrogen-bond donors (Lipinski definition) is 1. The van der Waals surface area contributed by atoms with Gasteiger partial charge in [0.1, 0.15) is 54.5 Å². The van der Waals surface area contributed by atoms with Crippen LogP contribution in [-0.2, 0) is 4.74 Å². The molecule has 0 amide bonds. The first-order valence-electron chi connectivity index (χ1n) is 19.7. The number of fused-ring (bicyclic) bond motifs is 4. The number of halogens is 3. The molecular weight excluding hydrogens is 740 g/mol. The summed E-state index contributed by atoms with van der Waals surface area (Å²) < 4.78 is 60.7. The number of rotatable bonds is 7. The maximum Gasteiger partial charge on any atom is 0.319 e. The Morgan fingerprint density at radius 1 is 1.04 bits per heavy atom. The van der Waals surface area contributed by atoms with Crippen molar-refractivity contribution in [2.45, 2.75) is 107 Å². The van der Waals surface area contributed by atoms with Gasteiger partial charge in [0.05, 0.1) is 29.1 Å². The van der Waals surface area contributed by atoms with E-state index < -0.39 is 31.4 Å². The van der Waals surface area contributed by atoms with Crippen molar-refractivity contribution in [2.75, 3.05) is 50.1 Å². The average Bonchev–Trinajstić information content (AvgIpc) is 3.49. The first-order chi connectivity index (χ1) is 26.3. The lowest BCUT2D eigenvalue weighted by molar-refractivity contribution is 0.107. The van der Waals surface area contributed by atoms with Crippen LogP contribution in [0.4, 0.5) is 19.0 Å². The molecule has 0 aliphatic carbocycles. The zero-order valence-electron chi connectivity index (χ0n) is 32.5. The van der Waals surface area contributed by atoms with E-state index in [4.69, 9.17) is 24.4 Å². The van der Waals surface area contributed by atoms with E-state index in [2.05, 4.69) is 62.8 Å². The van der Waals surface area contributed by atoms with E-state index in [1.165, 1.54) is 23.9 Å². The van der Waals surface area contributed by atoms with Gasteiger partial charge in [0.2, 0.25) is 0 Å². The molecule has 6 heterocycles. The molecule has 0 unspecified atom stereocenters. The molecule has 3 atom stereocenters. The number of ether oxygens (including phenoxy) is 2. The standard InChI is InChI=1S/C42H50F3N5O3SSi/c1-24(2)55(25(3)4,26(5)6)16-11-31-33(44)10-9-27-17-30(51)18-32(34(27)31)37-36(45)38-35-39(50-14-8-15-52-21-29(50)22-54-40(35)46-37)48-41(47-38)53-23-42-12-7-13-49(42)20-28(43)19-42/h9-10,17-18,24-26,28-29,51H,7-8,12-15,19-23H2,1-6H3/t28-,29+,42+/m1/s1. The van der Waals surface area contributed by atoms with Crippen molar-refractivity contribution in [1.29, 1.82) is 0 Å². The number of aromatic nitrogens is 3. The quantitative estimate of drug-likeness (QED) is 0.146. The molecule has 3 fully saturated rings. The van der Waals surface area contributed by atoms with Crippen molar-refractivity contribution >= 4 is 47.3 Å². The first-order valence-corrected chi connectivity index (χ1v) is 22.9. The van der Waals surface area contributed by atoms with Gasteiger partial charge in [0, 0.05) is 42.8 Å². The van der Waals surface area contributed by atoms with Gasteiger partial charge in [-0.1, -0.05) is 53.5 Å². The second kappa shape index (κ2) is 14.7. The highest BCUT2D eigenvalue weighted by Crippen LogP contribution is 2.46. The van der Waals surface area contributed by atoms with Crippen LogP contribution in [0.5, 0.6) is 11.8 Å². The summed E-state index contributed by atoms with van der Waals surface area (Å²) in [6.07, 6.45) is 1.99. The lowest BCUT2D eigenvalue weighted by atomic mass is 9.95. The van der Waals surface area contributed by atoms with E-state index in [9.17, 15) is 9.50 Å². The number of phenols is 1. The van der Waals surface area contributed by atoms with Crippen molar-refractivity contribution in [3.63, 3.8) is 0 Å². The molecule has 8 nitrogen and oxygen atoms in total. The third-order valence-electron chi connectivity index (χ3n) is 12.6. The molecule has 0 saturated carbocycles. The normalized spacial score (nSPS) is 22.9. The second-order valence-corrected chi connectivity index (χ2v) is 23.3. The molecule has 3 saturated heterocycles. The molecule has 0 radical (unpaired) electrons. The van der Waals surface area contributed by atoms with E-state index >= 15 is 8.78 Å². The van der Waals surface area contributed by atoms with Crippen LogP contribution < -0.4 is 9.64 Å². The summed E-state index contributed by atoms with van der Waals surface area (Å²) in [4.78, 5) is 19.0. The fraction of sp³-hybridized carbons (Fsp3) is 0.548. The number of benzene rings is 2. The van der Waals surface area contributed by atoms with Crippen molar-refractivity contribution in [2.24, 2.45) is 0 Å². The Labute approximate surface area is 326 Å². The van der Waals surface area contributed by atoms with E-state index in [1.54, 1.807) is 12.1 Å². The smallest absolute Gasteiger partial charge is 0.319 e. The maximum absolute atomic E-state index is 17.6. The SMILES string of the molecule is CC(C)[Si](C#Cc1c(F)ccc2cc(O)cc(-c3nc4c5c(nc(OC[C@@]67CCCN6C[C@H](F)C7)nc5c3F)N3CCCOC[C@H]3CS4)c12)(C(C)C)C(C)C. The van der Waals surface area contributed by atoms with Crippen molar-refractivity contribution < 1.29 is 27.8 Å². The molecule has 8 rings (SSSR count). The topological polar surface area (TPSA) is 83.8 Å². The molecular formula is C42H50F3N5O3SSi. The Bertz CT molecular complexity index is 2190. The number of thioether (sulfide) groups is 1. The summed E-state index contributed by atoms with van der Waals surface area (Å²) >= 11 is 1.48. The molecule has 4 aromatic rings. The van der Waals surface area contributed by atoms with Gasteiger partial charge >= 0.3 is 6.01 Å². The lowest BCUT2D eigenvalue weighted by Gasteiger charge is -2.38. The molecule has 2 aromatic carbocycles. The third kappa shape index (κ3) is 6.54. The first kappa shape index (κ1) is 38.3. The van der Waals surface area contributed by atoms with E-state index in [0.29, 0.717) is 82.1 Å². The fourth-order valence-corrected chi connectivity index (χ4v) is 16.4. The highest BCUT2D eigenvalue weighted by molar-refractivity contribution is 7.99. The number of aromatic hydroxyl groups is 1. The van der Waals surface area contributed by atoms with Gasteiger partial charge in [-0.15, -0.1) is 17.3 Å². The predicted molar refractivity (Wildman–Crippen MR) is 216 cm³/mol. The number of nitrogens with zero attached hydrogens (tertiary/aromatic N) is 5. The highest BCUT2D eigenvalue weighted by Gasteiger charge is 2.49. The molecule has 1 N–H and O–H groups in total. The van der Waals surface area contributed by atoms with Crippen LogP contribution in [0.3, 0.4) is 0 Å². The second-order valence-electron chi connectivity index (χ2n) is 16.7. The molecule has 4 aliphatic heterocycles. The summed E-state index contributed by atoms with van der Waals surface area (Å²) in [5.74, 6) is 3.08. The van der Waals surface area contributed by atoms with Crippen LogP contribution in [0.25, 0.3) is 32.9 Å². The lowest BCUT2D eigenvalue weighted by Crippen LogP contribution is -2.43. The number of pyridine rings is 1. The van der Waals surface area contributed by atoms with Crippen LogP contribution in [-0.4, -0.2) is 96.0 Å². The number of phenolic OH excluding ortho intramolecular Hbond substituents is 1. The Morgan fingerprint density at radius 2 is 1.82 bits per heavy atom. The molecule has 13 heteroatoms. The summed E-state index contributed by atoms with van der Waals surface area (Å²) in [6.45, 7) is 16.3. The van der Waals surface area contributed by atoms with Gasteiger partial charge in [0.15, 0.2) is 5.82 Å². The summed E-state index contributed by atoms with van der Waals surface area (Å²) in [7, 11) is -2.29. The fourth-order valence-electron chi connectivity index (χ4n) is 10.1. The van der Waals surface area contributed by atoms with Gasteiger partial charge in [-0.05, 0) is 66.0 Å². The molecule has 292 valence electrons. The zero-order valence-corrected chi connectivity index (χ0v) is 34.3. The van der Waals surface area contributed by atoms with Crippen LogP contribution >= 0.6 is 11.8 Å². The Kier molecular flexibility index (Phi) is 10.3. The Hall–Kier alpha value is -3.57. The maximum atomic E-state index is 17.6. The van der Waals surface area contributed by atoms with Crippen molar-refractivity contribution in [1.82, 2.24) is 19.9 Å². The van der Waals surface area contributed by atoms with Gasteiger partial charge in [-0.25, -0.2) is 18.2 Å². The van der Waals surface area contributed by atoms with Crippen molar-refractivity contribution in [3.05, 3.63) is 41.5 Å². The number of anilines is 1. The largest absolute Gasteiger partial charge is 0.508 e. The highest BCUT2D eigenvalue weighted by atomic mass is 32.2. The Morgan fingerprint density at radius 3 is 2.58 bits per heavy atom. The average molecular weight is 790 g/mol. The summed E-state index contributed by atoms with van der Waals surface area (Å²) in [5, 5.41) is 13.0. The van der Waals surface area contributed by atoms with Gasteiger partial charge in [-0.2, -0.15) is 9.97 Å². The third-order valence-corrected chi connectivity index (χ3v) is 20.1. The minimum Gasteiger partial charge on any atom is -0.508 e. The summed E-state index contributed by atoms with van der Waals surface area (Å²) in [5.41, 5.74) is 4.50. The van der Waals surface area contributed by atoms with E-state index in [-0.39, 0.29) is 46.7 Å². The minimum absolute atomic E-state index is 0.0135. The van der Waals surface area contributed by atoms with Gasteiger partial charge in [-0.3, -0.25) is 4.90 Å². The van der Waals surface area contributed by atoms with Crippen LogP contribution in [0.2, 0.25) is 16.6 Å². The zero-order chi connectivity index (χ0) is 38.8. The molecule has 2 aromatic heterocycles. The van der Waals surface area contributed by atoms with Crippen LogP contribution in [0, 0.1) is 23.1 Å².